The summed E-state index contributed by atoms with van der Waals surface area (Å²) in [4.78, 5) is 39.0. The second-order valence-corrected chi connectivity index (χ2v) is 12.1. The third-order valence-corrected chi connectivity index (χ3v) is 8.84. The summed E-state index contributed by atoms with van der Waals surface area (Å²) in [5.74, 6) is -1.17. The first-order chi connectivity index (χ1) is 19.3. The smallest absolute Gasteiger partial charge is 0.271 e. The zero-order chi connectivity index (χ0) is 30.3. The molecule has 2 atom stereocenters. The minimum absolute atomic E-state index is 0.0856. The number of carbonyl (C=O) groups is 2. The topological polar surface area (TPSA) is 130 Å². The summed E-state index contributed by atoms with van der Waals surface area (Å²) < 4.78 is 28.4. The second-order valence-electron chi connectivity index (χ2n) is 9.35. The van der Waals surface area contributed by atoms with Gasteiger partial charge in [-0.05, 0) is 56.2 Å². The summed E-state index contributed by atoms with van der Waals surface area (Å²) >= 11 is 12.4. The average Bonchev–Trinajstić information content (AvgIpc) is 2.95. The van der Waals surface area contributed by atoms with Gasteiger partial charge in [-0.25, -0.2) is 8.42 Å². The van der Waals surface area contributed by atoms with Crippen molar-refractivity contribution in [2.75, 3.05) is 10.8 Å². The van der Waals surface area contributed by atoms with Crippen molar-refractivity contribution >= 4 is 56.4 Å². The molecular formula is C28H30Cl2N4O6S. The first-order valence-corrected chi connectivity index (χ1v) is 14.9. The molecule has 13 heteroatoms. The van der Waals surface area contributed by atoms with E-state index < -0.39 is 39.3 Å². The van der Waals surface area contributed by atoms with E-state index in [-0.39, 0.29) is 33.9 Å². The molecular weight excluding hydrogens is 591 g/mol. The molecule has 0 saturated heterocycles. The number of anilines is 1. The van der Waals surface area contributed by atoms with Gasteiger partial charge in [-0.2, -0.15) is 0 Å². The highest BCUT2D eigenvalue weighted by Crippen LogP contribution is 2.28. The van der Waals surface area contributed by atoms with Crippen molar-refractivity contribution in [1.82, 2.24) is 10.2 Å². The number of nitrogens with zero attached hydrogens (tertiary/aromatic N) is 3. The van der Waals surface area contributed by atoms with E-state index in [0.29, 0.717) is 17.0 Å². The Labute approximate surface area is 249 Å². The quantitative estimate of drug-likeness (QED) is 0.212. The lowest BCUT2D eigenvalue weighted by Gasteiger charge is -2.32. The molecule has 218 valence electrons. The number of rotatable bonds is 12. The Balaban J connectivity index is 2.08. The molecule has 2 unspecified atom stereocenters. The largest absolute Gasteiger partial charge is 0.352 e. The summed E-state index contributed by atoms with van der Waals surface area (Å²) in [5.41, 5.74) is 0.0484. The third kappa shape index (κ3) is 7.96. The van der Waals surface area contributed by atoms with Crippen molar-refractivity contribution in [3.8, 4) is 0 Å². The zero-order valence-electron chi connectivity index (χ0n) is 22.7. The van der Waals surface area contributed by atoms with E-state index in [4.69, 9.17) is 23.2 Å². The molecule has 0 radical (unpaired) electrons. The van der Waals surface area contributed by atoms with Crippen LogP contribution in [-0.2, 0) is 26.2 Å². The zero-order valence-corrected chi connectivity index (χ0v) is 25.0. The van der Waals surface area contributed by atoms with Gasteiger partial charge in [0.05, 0.1) is 15.5 Å². The van der Waals surface area contributed by atoms with Crippen molar-refractivity contribution in [3.05, 3.63) is 98.5 Å². The van der Waals surface area contributed by atoms with Crippen molar-refractivity contribution in [2.24, 2.45) is 0 Å². The Morgan fingerprint density at radius 3 is 2.29 bits per heavy atom. The summed E-state index contributed by atoms with van der Waals surface area (Å²) in [7, 11) is -4.36. The summed E-state index contributed by atoms with van der Waals surface area (Å²) in [6, 6.07) is 15.9. The fraction of sp³-hybridized carbons (Fsp3) is 0.286. The van der Waals surface area contributed by atoms with E-state index in [1.54, 1.807) is 18.2 Å². The van der Waals surface area contributed by atoms with E-state index in [1.165, 1.54) is 60.4 Å². The molecule has 0 bridgehead atoms. The van der Waals surface area contributed by atoms with Gasteiger partial charge in [-0.3, -0.25) is 24.0 Å². The minimum Gasteiger partial charge on any atom is -0.352 e. The number of nitro benzene ring substituents is 1. The van der Waals surface area contributed by atoms with Gasteiger partial charge in [0, 0.05) is 34.8 Å². The molecule has 0 spiro atoms. The van der Waals surface area contributed by atoms with Crippen LogP contribution in [0.25, 0.3) is 0 Å². The lowest BCUT2D eigenvalue weighted by molar-refractivity contribution is -0.384. The highest BCUT2D eigenvalue weighted by Gasteiger charge is 2.33. The molecule has 0 aliphatic heterocycles. The number of carbonyl (C=O) groups excluding carboxylic acids is 2. The molecule has 0 fully saturated rings. The van der Waals surface area contributed by atoms with Gasteiger partial charge in [0.2, 0.25) is 11.8 Å². The lowest BCUT2D eigenvalue weighted by Crippen LogP contribution is -2.52. The number of nitrogens with one attached hydrogen (secondary N) is 1. The van der Waals surface area contributed by atoms with Crippen LogP contribution in [0.2, 0.25) is 10.0 Å². The van der Waals surface area contributed by atoms with Crippen molar-refractivity contribution in [2.45, 2.75) is 50.7 Å². The van der Waals surface area contributed by atoms with Crippen LogP contribution in [0.3, 0.4) is 0 Å². The van der Waals surface area contributed by atoms with Crippen LogP contribution in [0.1, 0.15) is 32.8 Å². The van der Waals surface area contributed by atoms with Crippen LogP contribution in [0.5, 0.6) is 0 Å². The number of hydrogen-bond donors (Lipinski definition) is 1. The summed E-state index contributed by atoms with van der Waals surface area (Å²) in [5, 5.41) is 14.9. The monoisotopic (exact) mass is 620 g/mol. The molecule has 2 amide bonds. The van der Waals surface area contributed by atoms with Gasteiger partial charge >= 0.3 is 0 Å². The van der Waals surface area contributed by atoms with Crippen LogP contribution >= 0.6 is 23.2 Å². The maximum Gasteiger partial charge on any atom is 0.271 e. The number of sulfonamides is 1. The highest BCUT2D eigenvalue weighted by molar-refractivity contribution is 7.92. The fourth-order valence-electron chi connectivity index (χ4n) is 3.89. The summed E-state index contributed by atoms with van der Waals surface area (Å²) in [6.07, 6.45) is 0.658. The molecule has 41 heavy (non-hydrogen) atoms. The summed E-state index contributed by atoms with van der Waals surface area (Å²) in [6.45, 7) is 4.38. The van der Waals surface area contributed by atoms with Gasteiger partial charge in [0.25, 0.3) is 15.7 Å². The van der Waals surface area contributed by atoms with Gasteiger partial charge in [0.1, 0.15) is 12.6 Å². The van der Waals surface area contributed by atoms with Crippen molar-refractivity contribution in [3.63, 3.8) is 0 Å². The van der Waals surface area contributed by atoms with E-state index >= 15 is 0 Å². The average molecular weight is 622 g/mol. The molecule has 10 nitrogen and oxygen atoms in total. The van der Waals surface area contributed by atoms with Crippen LogP contribution in [0.4, 0.5) is 11.4 Å². The Morgan fingerprint density at radius 1 is 1.00 bits per heavy atom. The molecule has 3 aromatic carbocycles. The van der Waals surface area contributed by atoms with Crippen LogP contribution in [0, 0.1) is 10.1 Å². The maximum atomic E-state index is 13.9. The second kappa shape index (κ2) is 13.8. The van der Waals surface area contributed by atoms with Gasteiger partial charge in [-0.15, -0.1) is 0 Å². The van der Waals surface area contributed by atoms with E-state index in [9.17, 15) is 28.1 Å². The predicted octanol–water partition coefficient (Wildman–Crippen LogP) is 5.43. The molecule has 0 saturated carbocycles. The maximum absolute atomic E-state index is 13.9. The molecule has 1 N–H and O–H groups in total. The first kappa shape index (κ1) is 31.9. The Kier molecular flexibility index (Phi) is 10.7. The Bertz CT molecular complexity index is 1520. The molecule has 3 aromatic rings. The van der Waals surface area contributed by atoms with Crippen LogP contribution in [0.15, 0.2) is 77.7 Å². The predicted molar refractivity (Wildman–Crippen MR) is 158 cm³/mol. The molecule has 3 rings (SSSR count). The number of nitro groups is 1. The van der Waals surface area contributed by atoms with E-state index in [0.717, 1.165) is 10.4 Å². The van der Waals surface area contributed by atoms with E-state index in [2.05, 4.69) is 5.32 Å². The fourth-order valence-corrected chi connectivity index (χ4v) is 5.79. The van der Waals surface area contributed by atoms with E-state index in [1.807, 2.05) is 13.8 Å². The third-order valence-electron chi connectivity index (χ3n) is 6.46. The van der Waals surface area contributed by atoms with Crippen molar-refractivity contribution < 1.29 is 22.9 Å². The number of amides is 2. The van der Waals surface area contributed by atoms with Crippen LogP contribution < -0.4 is 9.62 Å². The Hall–Kier alpha value is -3.67. The molecule has 0 aromatic heterocycles. The van der Waals surface area contributed by atoms with Crippen molar-refractivity contribution in [1.29, 1.82) is 0 Å². The standard InChI is InChI=1S/C28H30Cl2N4O6S/c1-4-19(2)31-28(36)20(3)32(17-21-13-14-22(29)15-26(21)30)27(35)18-33(23-9-8-10-24(16-23)34(37)38)41(39,40)25-11-6-5-7-12-25/h5-16,19-20H,4,17-18H2,1-3H3,(H,31,36). The SMILES string of the molecule is CCC(C)NC(=O)C(C)N(Cc1ccc(Cl)cc1Cl)C(=O)CN(c1cccc([N+](=O)[O-])c1)S(=O)(=O)c1ccccc1. The van der Waals surface area contributed by atoms with Gasteiger partial charge in [0.15, 0.2) is 0 Å². The number of benzene rings is 3. The Morgan fingerprint density at radius 2 is 1.68 bits per heavy atom. The van der Waals surface area contributed by atoms with Gasteiger partial charge < -0.3 is 10.2 Å². The number of hydrogen-bond acceptors (Lipinski definition) is 6. The minimum atomic E-state index is -4.36. The molecule has 0 aliphatic rings. The van der Waals surface area contributed by atoms with Gasteiger partial charge in [-0.1, -0.05) is 60.5 Å². The normalized spacial score (nSPS) is 12.7. The highest BCUT2D eigenvalue weighted by atomic mass is 35.5. The molecule has 0 heterocycles. The van der Waals surface area contributed by atoms with Crippen LogP contribution in [-0.4, -0.2) is 48.7 Å². The first-order valence-electron chi connectivity index (χ1n) is 12.7. The lowest BCUT2D eigenvalue weighted by atomic mass is 10.1. The number of halogens is 2. The molecule has 0 aliphatic carbocycles. The number of non-ortho nitro benzene ring substituents is 1.